The Morgan fingerprint density at radius 1 is 0.615 bits per heavy atom. The molecule has 0 bridgehead atoms. The average molecular weight is 414 g/mol. The molecule has 0 atom stereocenters. The Morgan fingerprint density at radius 2 is 0.923 bits per heavy atom. The molecule has 0 saturated heterocycles. The SMILES string of the molecule is FCC(F)(F)Oc1ccc(SSc2ccc(OC(F)(F)CF)cc2)cc1. The largest absolute Gasteiger partial charge is 0.431 e. The summed E-state index contributed by atoms with van der Waals surface area (Å²) in [6.07, 6.45) is -7.74. The average Bonchev–Trinajstić information content (AvgIpc) is 2.62. The fraction of sp³-hybridized carbons (Fsp3) is 0.250. The molecular formula is C16H12F6O2S2. The summed E-state index contributed by atoms with van der Waals surface area (Å²) >= 11 is 0. The lowest BCUT2D eigenvalue weighted by molar-refractivity contribution is -0.187. The Hall–Kier alpha value is -1.68. The van der Waals surface area contributed by atoms with Crippen molar-refractivity contribution in [1.29, 1.82) is 0 Å². The fourth-order valence-corrected chi connectivity index (χ4v) is 3.55. The molecule has 0 aliphatic carbocycles. The highest BCUT2D eigenvalue weighted by Gasteiger charge is 2.32. The van der Waals surface area contributed by atoms with Gasteiger partial charge in [-0.25, -0.2) is 8.78 Å². The molecule has 0 N–H and O–H groups in total. The van der Waals surface area contributed by atoms with Gasteiger partial charge in [-0.3, -0.25) is 0 Å². The van der Waals surface area contributed by atoms with Crippen molar-refractivity contribution in [3.05, 3.63) is 48.5 Å². The lowest BCUT2D eigenvalue weighted by Gasteiger charge is -2.14. The van der Waals surface area contributed by atoms with Gasteiger partial charge in [0.15, 0.2) is 13.3 Å². The van der Waals surface area contributed by atoms with E-state index in [0.717, 1.165) is 0 Å². The standard InChI is InChI=1S/C16H12F6O2S2/c17-9-15(19,20)23-11-1-5-13(6-2-11)25-26-14-7-3-12(4-8-14)24-16(21,22)10-18/h1-8H,9-10H2. The predicted octanol–water partition coefficient (Wildman–Crippen LogP) is 6.37. The van der Waals surface area contributed by atoms with E-state index in [2.05, 4.69) is 9.47 Å². The van der Waals surface area contributed by atoms with Crippen LogP contribution in [-0.2, 0) is 0 Å². The van der Waals surface area contributed by atoms with Crippen LogP contribution in [0, 0.1) is 0 Å². The molecule has 142 valence electrons. The van der Waals surface area contributed by atoms with E-state index in [1.807, 2.05) is 0 Å². The van der Waals surface area contributed by atoms with Crippen molar-refractivity contribution >= 4 is 21.6 Å². The molecule has 0 fully saturated rings. The highest BCUT2D eigenvalue weighted by molar-refractivity contribution is 8.76. The topological polar surface area (TPSA) is 18.5 Å². The molecule has 2 nitrogen and oxygen atoms in total. The monoisotopic (exact) mass is 414 g/mol. The van der Waals surface area contributed by atoms with Crippen LogP contribution in [0.3, 0.4) is 0 Å². The van der Waals surface area contributed by atoms with E-state index >= 15 is 0 Å². The molecule has 2 aromatic carbocycles. The molecule has 0 heterocycles. The van der Waals surface area contributed by atoms with Crippen molar-refractivity contribution in [1.82, 2.24) is 0 Å². The van der Waals surface area contributed by atoms with E-state index in [1.165, 1.54) is 70.1 Å². The number of ether oxygens (including phenoxy) is 2. The van der Waals surface area contributed by atoms with Crippen LogP contribution >= 0.6 is 21.6 Å². The molecular weight excluding hydrogens is 402 g/mol. The zero-order valence-corrected chi connectivity index (χ0v) is 14.6. The van der Waals surface area contributed by atoms with Crippen molar-refractivity contribution in [2.24, 2.45) is 0 Å². The van der Waals surface area contributed by atoms with E-state index in [0.29, 0.717) is 9.79 Å². The number of hydrogen-bond acceptors (Lipinski definition) is 4. The van der Waals surface area contributed by atoms with E-state index in [4.69, 9.17) is 0 Å². The number of halogens is 6. The molecule has 0 unspecified atom stereocenters. The minimum Gasteiger partial charge on any atom is -0.431 e. The minimum atomic E-state index is -3.87. The van der Waals surface area contributed by atoms with Gasteiger partial charge in [-0.15, -0.1) is 0 Å². The van der Waals surface area contributed by atoms with Gasteiger partial charge in [0, 0.05) is 9.79 Å². The van der Waals surface area contributed by atoms with Crippen LogP contribution in [0.15, 0.2) is 58.3 Å². The minimum absolute atomic E-state index is 0.169. The molecule has 26 heavy (non-hydrogen) atoms. The van der Waals surface area contributed by atoms with Crippen molar-refractivity contribution in [3.63, 3.8) is 0 Å². The van der Waals surface area contributed by atoms with Crippen molar-refractivity contribution in [2.45, 2.75) is 22.0 Å². The predicted molar refractivity (Wildman–Crippen MR) is 87.7 cm³/mol. The van der Waals surface area contributed by atoms with Crippen LogP contribution in [0.5, 0.6) is 11.5 Å². The lowest BCUT2D eigenvalue weighted by atomic mass is 10.3. The first-order valence-corrected chi connectivity index (χ1v) is 9.18. The second-order valence-electron chi connectivity index (χ2n) is 4.86. The number of hydrogen-bond donors (Lipinski definition) is 0. The number of alkyl halides is 6. The van der Waals surface area contributed by atoms with Crippen LogP contribution in [-0.4, -0.2) is 25.6 Å². The molecule has 0 aliphatic heterocycles. The molecule has 2 rings (SSSR count). The summed E-state index contributed by atoms with van der Waals surface area (Å²) in [5.41, 5.74) is 0. The Balaban J connectivity index is 1.88. The van der Waals surface area contributed by atoms with Crippen LogP contribution in [0.1, 0.15) is 0 Å². The zero-order valence-electron chi connectivity index (χ0n) is 12.9. The summed E-state index contributed by atoms with van der Waals surface area (Å²) < 4.78 is 83.6. The quantitative estimate of drug-likeness (QED) is 0.351. The van der Waals surface area contributed by atoms with E-state index < -0.39 is 25.6 Å². The number of benzene rings is 2. The van der Waals surface area contributed by atoms with Crippen molar-refractivity contribution < 1.29 is 35.8 Å². The van der Waals surface area contributed by atoms with Crippen LogP contribution in [0.2, 0.25) is 0 Å². The Kier molecular flexibility index (Phi) is 6.99. The summed E-state index contributed by atoms with van der Waals surface area (Å²) in [7, 11) is 2.56. The summed E-state index contributed by atoms with van der Waals surface area (Å²) in [5, 5.41) is 0. The molecule has 0 aromatic heterocycles. The van der Waals surface area contributed by atoms with Gasteiger partial charge < -0.3 is 9.47 Å². The lowest BCUT2D eigenvalue weighted by Crippen LogP contribution is -2.26. The second kappa shape index (κ2) is 8.81. The van der Waals surface area contributed by atoms with Gasteiger partial charge in [0.2, 0.25) is 0 Å². The third-order valence-electron chi connectivity index (χ3n) is 2.73. The van der Waals surface area contributed by atoms with Gasteiger partial charge in [0.25, 0.3) is 0 Å². The maximum absolute atomic E-state index is 12.8. The molecule has 0 amide bonds. The van der Waals surface area contributed by atoms with Gasteiger partial charge in [-0.1, -0.05) is 21.6 Å². The van der Waals surface area contributed by atoms with Gasteiger partial charge in [-0.2, -0.15) is 17.6 Å². The first kappa shape index (κ1) is 20.6. The molecule has 2 aromatic rings. The summed E-state index contributed by atoms with van der Waals surface area (Å²) in [4.78, 5) is 1.41. The van der Waals surface area contributed by atoms with E-state index in [9.17, 15) is 26.3 Å². The maximum Gasteiger partial charge on any atom is 0.427 e. The Bertz CT molecular complexity index is 633. The Labute approximate surface area is 153 Å². The van der Waals surface area contributed by atoms with Gasteiger partial charge in [0.1, 0.15) is 11.5 Å². The third-order valence-corrected chi connectivity index (χ3v) is 5.14. The maximum atomic E-state index is 12.8. The van der Waals surface area contributed by atoms with Gasteiger partial charge >= 0.3 is 12.2 Å². The van der Waals surface area contributed by atoms with Crippen LogP contribution in [0.4, 0.5) is 26.3 Å². The molecule has 0 radical (unpaired) electrons. The highest BCUT2D eigenvalue weighted by atomic mass is 33.1. The Morgan fingerprint density at radius 3 is 1.19 bits per heavy atom. The van der Waals surface area contributed by atoms with Crippen molar-refractivity contribution in [2.75, 3.05) is 13.3 Å². The first-order chi connectivity index (χ1) is 12.2. The highest BCUT2D eigenvalue weighted by Crippen LogP contribution is 2.39. The molecule has 0 spiro atoms. The summed E-state index contributed by atoms with van der Waals surface area (Å²) in [6, 6.07) is 11.2. The first-order valence-electron chi connectivity index (χ1n) is 7.03. The fourth-order valence-electron chi connectivity index (χ4n) is 1.62. The zero-order chi connectivity index (χ0) is 19.2. The smallest absolute Gasteiger partial charge is 0.427 e. The van der Waals surface area contributed by atoms with Gasteiger partial charge in [-0.05, 0) is 48.5 Å². The van der Waals surface area contributed by atoms with Gasteiger partial charge in [0.05, 0.1) is 0 Å². The van der Waals surface area contributed by atoms with Crippen LogP contribution in [0.25, 0.3) is 0 Å². The van der Waals surface area contributed by atoms with E-state index in [-0.39, 0.29) is 11.5 Å². The number of rotatable bonds is 9. The second-order valence-corrected chi connectivity index (χ2v) is 7.13. The molecule has 10 heteroatoms. The van der Waals surface area contributed by atoms with Crippen molar-refractivity contribution in [3.8, 4) is 11.5 Å². The molecule has 0 saturated carbocycles. The third kappa shape index (κ3) is 6.56. The van der Waals surface area contributed by atoms with E-state index in [1.54, 1.807) is 0 Å². The molecule has 0 aliphatic rings. The normalized spacial score (nSPS) is 12.1. The summed E-state index contributed by atoms with van der Waals surface area (Å²) in [6.45, 7) is -3.84. The summed E-state index contributed by atoms with van der Waals surface area (Å²) in [5.74, 6) is -0.338. The van der Waals surface area contributed by atoms with Crippen LogP contribution < -0.4 is 9.47 Å².